The molecule has 3 nitrogen and oxygen atoms in total. The first kappa shape index (κ1) is 10.8. The number of hydrogen-bond acceptors (Lipinski definition) is 3. The van der Waals surface area contributed by atoms with Crippen molar-refractivity contribution in [2.45, 2.75) is 6.04 Å². The smallest absolute Gasteiger partial charge is 0.119 e. The molecule has 0 aliphatic carbocycles. The topological polar surface area (TPSA) is 33.6 Å². The van der Waals surface area contributed by atoms with Crippen molar-refractivity contribution in [1.29, 1.82) is 0 Å². The van der Waals surface area contributed by atoms with E-state index in [1.165, 1.54) is 5.56 Å². The van der Waals surface area contributed by atoms with Gasteiger partial charge in [-0.25, -0.2) is 0 Å². The van der Waals surface area contributed by atoms with Crippen LogP contribution in [0.4, 0.5) is 0 Å². The van der Waals surface area contributed by atoms with Crippen LogP contribution in [0.1, 0.15) is 22.7 Å². The molecule has 1 aliphatic rings. The predicted octanol–water partition coefficient (Wildman–Crippen LogP) is 2.72. The van der Waals surface area contributed by atoms with Crippen LogP contribution in [0.25, 0.3) is 0 Å². The summed E-state index contributed by atoms with van der Waals surface area (Å²) in [6, 6.07) is 16.4. The maximum Gasteiger partial charge on any atom is 0.119 e. The summed E-state index contributed by atoms with van der Waals surface area (Å²) in [7, 11) is 1.68. The number of benzene rings is 2. The highest BCUT2D eigenvalue weighted by molar-refractivity contribution is 5.83. The average Bonchev–Trinajstić information content (AvgIpc) is 2.47. The summed E-state index contributed by atoms with van der Waals surface area (Å²) < 4.78 is 5.27. The minimum absolute atomic E-state index is 0.0845. The number of ether oxygens (including phenoxy) is 1. The van der Waals surface area contributed by atoms with Crippen molar-refractivity contribution in [1.82, 2.24) is 5.43 Å². The average molecular weight is 238 g/mol. The Kier molecular flexibility index (Phi) is 2.73. The largest absolute Gasteiger partial charge is 0.497 e. The quantitative estimate of drug-likeness (QED) is 0.872. The van der Waals surface area contributed by atoms with Crippen molar-refractivity contribution in [3.63, 3.8) is 0 Å². The van der Waals surface area contributed by atoms with Crippen LogP contribution in [-0.2, 0) is 0 Å². The van der Waals surface area contributed by atoms with Crippen LogP contribution in [0.5, 0.6) is 5.75 Å². The second kappa shape index (κ2) is 4.53. The summed E-state index contributed by atoms with van der Waals surface area (Å²) in [6.07, 6.45) is 1.85. The molecule has 0 fully saturated rings. The molecule has 18 heavy (non-hydrogen) atoms. The highest BCUT2D eigenvalue weighted by Gasteiger charge is 2.19. The van der Waals surface area contributed by atoms with E-state index in [4.69, 9.17) is 4.74 Å². The van der Waals surface area contributed by atoms with E-state index in [0.717, 1.165) is 16.9 Å². The summed E-state index contributed by atoms with van der Waals surface area (Å²) in [6.45, 7) is 0. The highest BCUT2D eigenvalue weighted by atomic mass is 16.5. The van der Waals surface area contributed by atoms with Gasteiger partial charge in [0.15, 0.2) is 0 Å². The first-order chi connectivity index (χ1) is 8.88. The third-order valence-corrected chi connectivity index (χ3v) is 3.14. The Morgan fingerprint density at radius 1 is 1.11 bits per heavy atom. The van der Waals surface area contributed by atoms with Gasteiger partial charge in [-0.05, 0) is 23.3 Å². The Bertz CT molecular complexity index is 593. The fourth-order valence-electron chi connectivity index (χ4n) is 2.22. The van der Waals surface area contributed by atoms with Crippen LogP contribution in [0.2, 0.25) is 0 Å². The Morgan fingerprint density at radius 2 is 2.00 bits per heavy atom. The second-order valence-corrected chi connectivity index (χ2v) is 4.23. The van der Waals surface area contributed by atoms with E-state index in [2.05, 4.69) is 28.7 Å². The minimum atomic E-state index is 0.0845. The van der Waals surface area contributed by atoms with Gasteiger partial charge < -0.3 is 4.74 Å². The van der Waals surface area contributed by atoms with Crippen LogP contribution in [0, 0.1) is 0 Å². The van der Waals surface area contributed by atoms with Crippen LogP contribution in [0.15, 0.2) is 53.6 Å². The standard InChI is InChI=1S/C15H14N2O/c1-18-13-7-4-6-11(9-13)15-14-8-3-2-5-12(14)10-16-17-15/h2-10,15,17H,1H3. The molecule has 0 amide bonds. The zero-order valence-electron chi connectivity index (χ0n) is 10.1. The molecule has 1 aliphatic heterocycles. The molecule has 1 heterocycles. The minimum Gasteiger partial charge on any atom is -0.497 e. The summed E-state index contributed by atoms with van der Waals surface area (Å²) in [4.78, 5) is 0. The first-order valence-electron chi connectivity index (χ1n) is 5.90. The van der Waals surface area contributed by atoms with Gasteiger partial charge >= 0.3 is 0 Å². The Hall–Kier alpha value is -2.29. The van der Waals surface area contributed by atoms with Gasteiger partial charge in [-0.3, -0.25) is 5.43 Å². The van der Waals surface area contributed by atoms with Gasteiger partial charge in [-0.2, -0.15) is 5.10 Å². The number of rotatable bonds is 2. The van der Waals surface area contributed by atoms with E-state index >= 15 is 0 Å². The van der Waals surface area contributed by atoms with Crippen LogP contribution < -0.4 is 10.2 Å². The lowest BCUT2D eigenvalue weighted by atomic mass is 9.94. The number of methoxy groups -OCH3 is 1. The van der Waals surface area contributed by atoms with Crippen LogP contribution >= 0.6 is 0 Å². The van der Waals surface area contributed by atoms with Gasteiger partial charge in [-0.1, -0.05) is 36.4 Å². The molecule has 0 spiro atoms. The molecule has 0 saturated carbocycles. The molecule has 1 atom stereocenters. The molecule has 2 aromatic rings. The predicted molar refractivity (Wildman–Crippen MR) is 72.0 cm³/mol. The van der Waals surface area contributed by atoms with Crippen molar-refractivity contribution < 1.29 is 4.74 Å². The fraction of sp³-hybridized carbons (Fsp3) is 0.133. The second-order valence-electron chi connectivity index (χ2n) is 4.23. The van der Waals surface area contributed by atoms with E-state index < -0.39 is 0 Å². The zero-order valence-corrected chi connectivity index (χ0v) is 10.1. The van der Waals surface area contributed by atoms with E-state index in [-0.39, 0.29) is 6.04 Å². The number of nitrogens with zero attached hydrogens (tertiary/aromatic N) is 1. The molecular formula is C15H14N2O. The fourth-order valence-corrected chi connectivity index (χ4v) is 2.22. The maximum atomic E-state index is 5.27. The van der Waals surface area contributed by atoms with Crippen LogP contribution in [-0.4, -0.2) is 13.3 Å². The molecule has 3 heteroatoms. The van der Waals surface area contributed by atoms with Crippen molar-refractivity contribution >= 4 is 6.21 Å². The number of hydrazone groups is 1. The molecule has 0 bridgehead atoms. The number of hydrogen-bond donors (Lipinski definition) is 1. The maximum absolute atomic E-state index is 5.27. The van der Waals surface area contributed by atoms with Crippen molar-refractivity contribution in [3.8, 4) is 5.75 Å². The SMILES string of the molecule is COc1cccc(C2NN=Cc3ccccc32)c1. The first-order valence-corrected chi connectivity index (χ1v) is 5.90. The van der Waals surface area contributed by atoms with E-state index in [0.29, 0.717) is 0 Å². The van der Waals surface area contributed by atoms with Gasteiger partial charge in [0.1, 0.15) is 5.75 Å². The van der Waals surface area contributed by atoms with E-state index in [1.807, 2.05) is 36.5 Å². The lowest BCUT2D eigenvalue weighted by Gasteiger charge is -2.23. The Labute approximate surface area is 106 Å². The molecule has 3 rings (SSSR count). The molecule has 0 saturated heterocycles. The summed E-state index contributed by atoms with van der Waals surface area (Å²) in [5.41, 5.74) is 6.70. The third kappa shape index (κ3) is 1.84. The van der Waals surface area contributed by atoms with Crippen LogP contribution in [0.3, 0.4) is 0 Å². The third-order valence-electron chi connectivity index (χ3n) is 3.14. The molecule has 90 valence electrons. The van der Waals surface area contributed by atoms with Gasteiger partial charge in [0.25, 0.3) is 0 Å². The zero-order chi connectivity index (χ0) is 12.4. The van der Waals surface area contributed by atoms with Gasteiger partial charge in [0.05, 0.1) is 19.4 Å². The van der Waals surface area contributed by atoms with E-state index in [1.54, 1.807) is 7.11 Å². The summed E-state index contributed by atoms with van der Waals surface area (Å²) >= 11 is 0. The Morgan fingerprint density at radius 3 is 2.89 bits per heavy atom. The summed E-state index contributed by atoms with van der Waals surface area (Å²) in [5, 5.41) is 4.22. The lowest BCUT2D eigenvalue weighted by molar-refractivity contribution is 0.413. The van der Waals surface area contributed by atoms with Gasteiger partial charge in [0.2, 0.25) is 0 Å². The molecular weight excluding hydrogens is 224 g/mol. The normalized spacial score (nSPS) is 16.8. The van der Waals surface area contributed by atoms with Gasteiger partial charge in [0, 0.05) is 5.56 Å². The Balaban J connectivity index is 2.05. The molecule has 0 radical (unpaired) electrons. The summed E-state index contributed by atoms with van der Waals surface area (Å²) in [5.74, 6) is 0.862. The molecule has 0 aromatic heterocycles. The van der Waals surface area contributed by atoms with Gasteiger partial charge in [-0.15, -0.1) is 0 Å². The number of nitrogens with one attached hydrogen (secondary N) is 1. The monoisotopic (exact) mass is 238 g/mol. The number of fused-ring (bicyclic) bond motifs is 1. The van der Waals surface area contributed by atoms with Crippen molar-refractivity contribution in [3.05, 3.63) is 65.2 Å². The van der Waals surface area contributed by atoms with Crippen molar-refractivity contribution in [2.75, 3.05) is 7.11 Å². The van der Waals surface area contributed by atoms with E-state index in [9.17, 15) is 0 Å². The van der Waals surface area contributed by atoms with Crippen molar-refractivity contribution in [2.24, 2.45) is 5.10 Å². The molecule has 1 N–H and O–H groups in total. The lowest BCUT2D eigenvalue weighted by Crippen LogP contribution is -2.22. The molecule has 1 unspecified atom stereocenters. The highest BCUT2D eigenvalue weighted by Crippen LogP contribution is 2.28. The molecule has 2 aromatic carbocycles.